The molecular formula is C17H17NO3S. The number of aliphatic carboxylic acids is 1. The average Bonchev–Trinajstić information content (AvgIpc) is 2.50. The van der Waals surface area contributed by atoms with Crippen molar-refractivity contribution in [3.63, 3.8) is 0 Å². The molecule has 5 heteroatoms. The molecule has 0 unspecified atom stereocenters. The number of carboxylic acids is 1. The maximum atomic E-state index is 11.9. The standard InChI is InChI=1S/C17H17NO3S/c19-16(11-6-12-17(20)21)18-14-9-4-5-10-15(14)22-13-7-2-1-3-8-13/h1-5,7-10H,6,11-12H2,(H,18,19)(H,20,21). The molecule has 22 heavy (non-hydrogen) atoms. The maximum Gasteiger partial charge on any atom is 0.303 e. The Bertz CT molecular complexity index is 643. The fourth-order valence-corrected chi connectivity index (χ4v) is 2.81. The van der Waals surface area contributed by atoms with Crippen LogP contribution in [0.15, 0.2) is 64.4 Å². The lowest BCUT2D eigenvalue weighted by Crippen LogP contribution is -2.12. The van der Waals surface area contributed by atoms with E-state index in [2.05, 4.69) is 5.32 Å². The molecule has 0 aliphatic rings. The summed E-state index contributed by atoms with van der Waals surface area (Å²) in [6.07, 6.45) is 0.555. The van der Waals surface area contributed by atoms with E-state index in [0.717, 1.165) is 15.5 Å². The summed E-state index contributed by atoms with van der Waals surface area (Å²) in [7, 11) is 0. The minimum absolute atomic E-state index is 0.00777. The first-order valence-corrected chi connectivity index (χ1v) is 7.80. The quantitative estimate of drug-likeness (QED) is 0.809. The van der Waals surface area contributed by atoms with Crippen molar-refractivity contribution in [3.05, 3.63) is 54.6 Å². The van der Waals surface area contributed by atoms with Crippen molar-refractivity contribution in [2.75, 3.05) is 5.32 Å². The molecule has 2 N–H and O–H groups in total. The molecule has 2 aromatic rings. The lowest BCUT2D eigenvalue weighted by Gasteiger charge is -2.10. The molecule has 0 bridgehead atoms. The van der Waals surface area contributed by atoms with E-state index in [0.29, 0.717) is 6.42 Å². The Kier molecular flexibility index (Phi) is 6.03. The van der Waals surface area contributed by atoms with Crippen molar-refractivity contribution in [1.29, 1.82) is 0 Å². The van der Waals surface area contributed by atoms with Crippen LogP contribution in [0.2, 0.25) is 0 Å². The minimum Gasteiger partial charge on any atom is -0.481 e. The smallest absolute Gasteiger partial charge is 0.303 e. The zero-order valence-corrected chi connectivity index (χ0v) is 12.8. The van der Waals surface area contributed by atoms with Gasteiger partial charge in [-0.1, -0.05) is 42.1 Å². The molecular weight excluding hydrogens is 298 g/mol. The molecule has 1 amide bonds. The highest BCUT2D eigenvalue weighted by Gasteiger charge is 2.08. The van der Waals surface area contributed by atoms with Crippen LogP contribution in [0.1, 0.15) is 19.3 Å². The van der Waals surface area contributed by atoms with Crippen LogP contribution in [0.4, 0.5) is 5.69 Å². The second-order valence-electron chi connectivity index (χ2n) is 4.71. The van der Waals surface area contributed by atoms with E-state index in [1.165, 1.54) is 0 Å². The SMILES string of the molecule is O=C(O)CCCC(=O)Nc1ccccc1Sc1ccccc1. The van der Waals surface area contributed by atoms with Gasteiger partial charge in [0, 0.05) is 22.6 Å². The van der Waals surface area contributed by atoms with Crippen molar-refractivity contribution in [1.82, 2.24) is 0 Å². The first-order valence-electron chi connectivity index (χ1n) is 6.99. The Balaban J connectivity index is 1.99. The third-order valence-corrected chi connectivity index (χ3v) is 4.01. The highest BCUT2D eigenvalue weighted by Crippen LogP contribution is 2.33. The molecule has 0 aromatic heterocycles. The van der Waals surface area contributed by atoms with Crippen LogP contribution in [-0.4, -0.2) is 17.0 Å². The molecule has 114 valence electrons. The summed E-state index contributed by atoms with van der Waals surface area (Å²) >= 11 is 1.58. The first kappa shape index (κ1) is 16.1. The number of carboxylic acid groups (broad SMARTS) is 1. The third kappa shape index (κ3) is 5.26. The predicted molar refractivity (Wildman–Crippen MR) is 87.1 cm³/mol. The van der Waals surface area contributed by atoms with E-state index in [1.807, 2.05) is 54.6 Å². The minimum atomic E-state index is -0.882. The van der Waals surface area contributed by atoms with Gasteiger partial charge in [-0.3, -0.25) is 9.59 Å². The number of para-hydroxylation sites is 1. The topological polar surface area (TPSA) is 66.4 Å². The van der Waals surface area contributed by atoms with Crippen LogP contribution in [0.25, 0.3) is 0 Å². The van der Waals surface area contributed by atoms with Gasteiger partial charge in [-0.05, 0) is 30.7 Å². The highest BCUT2D eigenvalue weighted by atomic mass is 32.2. The van der Waals surface area contributed by atoms with E-state index in [4.69, 9.17) is 5.11 Å². The predicted octanol–water partition coefficient (Wildman–Crippen LogP) is 4.03. The van der Waals surface area contributed by atoms with E-state index in [1.54, 1.807) is 11.8 Å². The van der Waals surface area contributed by atoms with Crippen molar-refractivity contribution in [3.8, 4) is 0 Å². The van der Waals surface area contributed by atoms with Crippen molar-refractivity contribution >= 4 is 29.3 Å². The fourth-order valence-electron chi connectivity index (χ4n) is 1.89. The van der Waals surface area contributed by atoms with Crippen molar-refractivity contribution in [2.45, 2.75) is 29.1 Å². The third-order valence-electron chi connectivity index (χ3n) is 2.93. The van der Waals surface area contributed by atoms with Crippen LogP contribution in [0.5, 0.6) is 0 Å². The van der Waals surface area contributed by atoms with Crippen LogP contribution in [-0.2, 0) is 9.59 Å². The molecule has 0 fully saturated rings. The van der Waals surface area contributed by atoms with Crippen molar-refractivity contribution < 1.29 is 14.7 Å². The molecule has 0 saturated heterocycles. The van der Waals surface area contributed by atoms with Gasteiger partial charge in [0.2, 0.25) is 5.91 Å². The largest absolute Gasteiger partial charge is 0.481 e. The van der Waals surface area contributed by atoms with Gasteiger partial charge in [0.25, 0.3) is 0 Å². The number of carbonyl (C=O) groups excluding carboxylic acids is 1. The zero-order chi connectivity index (χ0) is 15.8. The second kappa shape index (κ2) is 8.24. The lowest BCUT2D eigenvalue weighted by molar-refractivity contribution is -0.137. The second-order valence-corrected chi connectivity index (χ2v) is 5.82. The monoisotopic (exact) mass is 315 g/mol. The number of anilines is 1. The summed E-state index contributed by atoms with van der Waals surface area (Å²) in [4.78, 5) is 24.4. The van der Waals surface area contributed by atoms with Crippen LogP contribution in [0, 0.1) is 0 Å². The normalized spacial score (nSPS) is 10.2. The van der Waals surface area contributed by atoms with Crippen LogP contribution in [0.3, 0.4) is 0 Å². The summed E-state index contributed by atoms with van der Waals surface area (Å²) in [6.45, 7) is 0. The number of hydrogen-bond donors (Lipinski definition) is 2. The summed E-state index contributed by atoms with van der Waals surface area (Å²) in [6, 6.07) is 17.5. The number of hydrogen-bond acceptors (Lipinski definition) is 3. The summed E-state index contributed by atoms with van der Waals surface area (Å²) in [5.41, 5.74) is 0.747. The molecule has 4 nitrogen and oxygen atoms in total. The molecule has 0 saturated carbocycles. The Morgan fingerprint density at radius 2 is 1.64 bits per heavy atom. The maximum absolute atomic E-state index is 11.9. The van der Waals surface area contributed by atoms with Crippen molar-refractivity contribution in [2.24, 2.45) is 0 Å². The Hall–Kier alpha value is -2.27. The molecule has 2 aromatic carbocycles. The van der Waals surface area contributed by atoms with E-state index in [-0.39, 0.29) is 18.7 Å². The van der Waals surface area contributed by atoms with Gasteiger partial charge in [0.05, 0.1) is 5.69 Å². The summed E-state index contributed by atoms with van der Waals surface area (Å²) in [5.74, 6) is -1.05. The van der Waals surface area contributed by atoms with Crippen LogP contribution < -0.4 is 5.32 Å². The highest BCUT2D eigenvalue weighted by molar-refractivity contribution is 7.99. The first-order chi connectivity index (χ1) is 10.6. The fraction of sp³-hybridized carbons (Fsp3) is 0.176. The molecule has 0 radical (unpaired) electrons. The molecule has 0 aliphatic carbocycles. The molecule has 0 aliphatic heterocycles. The van der Waals surface area contributed by atoms with Gasteiger partial charge >= 0.3 is 5.97 Å². The van der Waals surface area contributed by atoms with E-state index < -0.39 is 5.97 Å². The number of nitrogens with one attached hydrogen (secondary N) is 1. The van der Waals surface area contributed by atoms with Gasteiger partial charge in [-0.25, -0.2) is 0 Å². The number of rotatable bonds is 7. The lowest BCUT2D eigenvalue weighted by atomic mass is 10.2. The van der Waals surface area contributed by atoms with Crippen LogP contribution >= 0.6 is 11.8 Å². The summed E-state index contributed by atoms with van der Waals surface area (Å²) in [5, 5.41) is 11.4. The van der Waals surface area contributed by atoms with Gasteiger partial charge in [0.15, 0.2) is 0 Å². The molecule has 2 rings (SSSR count). The number of carbonyl (C=O) groups is 2. The Labute approximate surface area is 133 Å². The van der Waals surface area contributed by atoms with Gasteiger partial charge in [-0.2, -0.15) is 0 Å². The van der Waals surface area contributed by atoms with Gasteiger partial charge in [0.1, 0.15) is 0 Å². The van der Waals surface area contributed by atoms with E-state index >= 15 is 0 Å². The zero-order valence-electron chi connectivity index (χ0n) is 12.0. The molecule has 0 heterocycles. The number of benzene rings is 2. The Morgan fingerprint density at radius 1 is 0.955 bits per heavy atom. The van der Waals surface area contributed by atoms with Gasteiger partial charge in [-0.15, -0.1) is 0 Å². The molecule has 0 atom stereocenters. The number of amides is 1. The summed E-state index contributed by atoms with van der Waals surface area (Å²) < 4.78 is 0. The van der Waals surface area contributed by atoms with Gasteiger partial charge < -0.3 is 10.4 Å². The Morgan fingerprint density at radius 3 is 2.36 bits per heavy atom. The molecule has 0 spiro atoms. The van der Waals surface area contributed by atoms with E-state index in [9.17, 15) is 9.59 Å². The average molecular weight is 315 g/mol.